The van der Waals surface area contributed by atoms with Crippen molar-refractivity contribution in [1.29, 1.82) is 0 Å². The summed E-state index contributed by atoms with van der Waals surface area (Å²) in [5.41, 5.74) is 1.20. The van der Waals surface area contributed by atoms with E-state index in [9.17, 15) is 4.79 Å². The number of rotatable bonds is 5. The highest BCUT2D eigenvalue weighted by atomic mass is 16.7. The Labute approximate surface area is 143 Å². The summed E-state index contributed by atoms with van der Waals surface area (Å²) < 4.78 is 17.0. The van der Waals surface area contributed by atoms with Crippen molar-refractivity contribution < 1.29 is 19.0 Å². The van der Waals surface area contributed by atoms with Crippen LogP contribution >= 0.6 is 0 Å². The van der Waals surface area contributed by atoms with E-state index in [0.29, 0.717) is 26.2 Å². The van der Waals surface area contributed by atoms with E-state index >= 15 is 0 Å². The molecule has 2 unspecified atom stereocenters. The van der Waals surface area contributed by atoms with Crippen LogP contribution in [0.2, 0.25) is 0 Å². The number of hydrogen-bond donors (Lipinski definition) is 1. The Morgan fingerprint density at radius 1 is 1.33 bits per heavy atom. The first-order valence-electron chi connectivity index (χ1n) is 8.89. The predicted octanol–water partition coefficient (Wildman–Crippen LogP) is 2.81. The zero-order valence-electron chi connectivity index (χ0n) is 14.5. The second kappa shape index (κ2) is 7.64. The molecular weight excluding hydrogens is 306 g/mol. The van der Waals surface area contributed by atoms with E-state index in [4.69, 9.17) is 14.2 Å². The van der Waals surface area contributed by atoms with Gasteiger partial charge < -0.3 is 19.5 Å². The topological polar surface area (TPSA) is 56.8 Å². The Balaban J connectivity index is 1.74. The minimum absolute atomic E-state index is 0.0221. The Morgan fingerprint density at radius 3 is 2.71 bits per heavy atom. The molecule has 3 rings (SSSR count). The SMILES string of the molecule is CCOC(=O)C1CCC2(CC1N[C@H](C)c1ccccc1)OCCO2. The summed E-state index contributed by atoms with van der Waals surface area (Å²) in [6.07, 6.45) is 2.14. The molecule has 3 atom stereocenters. The van der Waals surface area contributed by atoms with Crippen LogP contribution in [0.4, 0.5) is 0 Å². The number of carbonyl (C=O) groups is 1. The molecule has 1 spiro atoms. The van der Waals surface area contributed by atoms with Gasteiger partial charge in [0.2, 0.25) is 0 Å². The minimum atomic E-state index is -0.531. The van der Waals surface area contributed by atoms with Gasteiger partial charge in [-0.3, -0.25) is 4.79 Å². The number of hydrogen-bond acceptors (Lipinski definition) is 5. The number of benzene rings is 1. The minimum Gasteiger partial charge on any atom is -0.466 e. The van der Waals surface area contributed by atoms with Gasteiger partial charge in [0.15, 0.2) is 5.79 Å². The van der Waals surface area contributed by atoms with E-state index in [1.807, 2.05) is 25.1 Å². The number of esters is 1. The van der Waals surface area contributed by atoms with Crippen molar-refractivity contribution in [3.63, 3.8) is 0 Å². The van der Waals surface area contributed by atoms with Gasteiger partial charge >= 0.3 is 5.97 Å². The molecule has 1 aromatic rings. The fraction of sp³-hybridized carbons (Fsp3) is 0.632. The molecule has 1 aliphatic carbocycles. The normalized spacial score (nSPS) is 27.1. The summed E-state index contributed by atoms with van der Waals surface area (Å²) >= 11 is 0. The Bertz CT molecular complexity index is 542. The van der Waals surface area contributed by atoms with E-state index in [1.165, 1.54) is 5.56 Å². The fourth-order valence-corrected chi connectivity index (χ4v) is 3.78. The average molecular weight is 333 g/mol. The summed E-state index contributed by atoms with van der Waals surface area (Å²) in [5.74, 6) is -0.811. The van der Waals surface area contributed by atoms with Crippen LogP contribution in [0.5, 0.6) is 0 Å². The first kappa shape index (κ1) is 17.4. The Morgan fingerprint density at radius 2 is 2.04 bits per heavy atom. The third-order valence-electron chi connectivity index (χ3n) is 5.02. The van der Waals surface area contributed by atoms with E-state index in [2.05, 4.69) is 24.4 Å². The van der Waals surface area contributed by atoms with Crippen LogP contribution in [0.3, 0.4) is 0 Å². The molecule has 2 fully saturated rings. The van der Waals surface area contributed by atoms with Gasteiger partial charge in [0.05, 0.1) is 25.7 Å². The number of ether oxygens (including phenoxy) is 3. The zero-order chi connectivity index (χ0) is 17.0. The molecule has 132 valence electrons. The summed E-state index contributed by atoms with van der Waals surface area (Å²) in [5, 5.41) is 3.61. The summed E-state index contributed by atoms with van der Waals surface area (Å²) in [6.45, 7) is 5.64. The van der Waals surface area contributed by atoms with Gasteiger partial charge in [-0.25, -0.2) is 0 Å². The lowest BCUT2D eigenvalue weighted by atomic mass is 9.80. The molecule has 1 saturated carbocycles. The molecule has 0 radical (unpaired) electrons. The standard InChI is InChI=1S/C19H27NO4/c1-3-22-18(21)16-9-10-19(23-11-12-24-19)13-17(16)20-14(2)15-7-5-4-6-8-15/h4-8,14,16-17,20H,3,9-13H2,1-2H3/t14-,16?,17?/m1/s1. The largest absolute Gasteiger partial charge is 0.466 e. The van der Waals surface area contributed by atoms with Gasteiger partial charge in [-0.1, -0.05) is 30.3 Å². The summed E-state index contributed by atoms with van der Waals surface area (Å²) in [4.78, 5) is 12.4. The van der Waals surface area contributed by atoms with Gasteiger partial charge in [-0.15, -0.1) is 0 Å². The van der Waals surface area contributed by atoms with Crippen molar-refractivity contribution in [3.8, 4) is 0 Å². The van der Waals surface area contributed by atoms with Crippen LogP contribution in [0.1, 0.15) is 44.7 Å². The molecule has 1 N–H and O–H groups in total. The molecule has 5 heteroatoms. The molecule has 5 nitrogen and oxygen atoms in total. The van der Waals surface area contributed by atoms with Crippen molar-refractivity contribution in [1.82, 2.24) is 5.32 Å². The maximum Gasteiger partial charge on any atom is 0.310 e. The van der Waals surface area contributed by atoms with Crippen molar-refractivity contribution in [2.45, 2.75) is 51.0 Å². The van der Waals surface area contributed by atoms with Gasteiger partial charge in [-0.2, -0.15) is 0 Å². The van der Waals surface area contributed by atoms with E-state index in [0.717, 1.165) is 12.8 Å². The second-order valence-corrected chi connectivity index (χ2v) is 6.61. The zero-order valence-corrected chi connectivity index (χ0v) is 14.5. The molecule has 2 aliphatic rings. The highest BCUT2D eigenvalue weighted by Gasteiger charge is 2.47. The maximum atomic E-state index is 12.4. The molecule has 24 heavy (non-hydrogen) atoms. The predicted molar refractivity (Wildman–Crippen MR) is 90.4 cm³/mol. The lowest BCUT2D eigenvalue weighted by Gasteiger charge is -2.41. The van der Waals surface area contributed by atoms with E-state index in [-0.39, 0.29) is 24.0 Å². The Kier molecular flexibility index (Phi) is 5.54. The third kappa shape index (κ3) is 3.79. The molecule has 0 amide bonds. The lowest BCUT2D eigenvalue weighted by Crippen LogP contribution is -2.52. The van der Waals surface area contributed by atoms with Gasteiger partial charge in [0, 0.05) is 24.9 Å². The van der Waals surface area contributed by atoms with Crippen molar-refractivity contribution >= 4 is 5.97 Å². The molecule has 1 saturated heterocycles. The van der Waals surface area contributed by atoms with Crippen molar-refractivity contribution in [2.24, 2.45) is 5.92 Å². The van der Waals surface area contributed by atoms with Crippen LogP contribution in [0, 0.1) is 5.92 Å². The lowest BCUT2D eigenvalue weighted by molar-refractivity contribution is -0.194. The molecule has 1 heterocycles. The smallest absolute Gasteiger partial charge is 0.310 e. The van der Waals surface area contributed by atoms with E-state index < -0.39 is 5.79 Å². The van der Waals surface area contributed by atoms with Gasteiger partial charge in [0.25, 0.3) is 0 Å². The molecular formula is C19H27NO4. The summed E-state index contributed by atoms with van der Waals surface area (Å²) in [6, 6.07) is 10.4. The van der Waals surface area contributed by atoms with Crippen LogP contribution in [-0.2, 0) is 19.0 Å². The monoisotopic (exact) mass is 333 g/mol. The van der Waals surface area contributed by atoms with Crippen LogP contribution in [-0.4, -0.2) is 37.6 Å². The van der Waals surface area contributed by atoms with Crippen LogP contribution in [0.25, 0.3) is 0 Å². The molecule has 0 aromatic heterocycles. The van der Waals surface area contributed by atoms with Crippen LogP contribution in [0.15, 0.2) is 30.3 Å². The van der Waals surface area contributed by atoms with Crippen molar-refractivity contribution in [3.05, 3.63) is 35.9 Å². The van der Waals surface area contributed by atoms with Gasteiger partial charge in [-0.05, 0) is 25.8 Å². The first-order valence-corrected chi connectivity index (χ1v) is 8.89. The average Bonchev–Trinajstić information content (AvgIpc) is 3.04. The Hall–Kier alpha value is -1.43. The van der Waals surface area contributed by atoms with Gasteiger partial charge in [0.1, 0.15) is 0 Å². The number of carbonyl (C=O) groups excluding carboxylic acids is 1. The highest BCUT2D eigenvalue weighted by Crippen LogP contribution is 2.39. The van der Waals surface area contributed by atoms with Crippen molar-refractivity contribution in [2.75, 3.05) is 19.8 Å². The molecule has 0 bridgehead atoms. The number of nitrogens with one attached hydrogen (secondary N) is 1. The van der Waals surface area contributed by atoms with Crippen LogP contribution < -0.4 is 5.32 Å². The maximum absolute atomic E-state index is 12.4. The van der Waals surface area contributed by atoms with E-state index in [1.54, 1.807) is 0 Å². The first-order chi connectivity index (χ1) is 11.6. The summed E-state index contributed by atoms with van der Waals surface area (Å²) in [7, 11) is 0. The third-order valence-corrected chi connectivity index (χ3v) is 5.02. The molecule has 1 aliphatic heterocycles. The highest BCUT2D eigenvalue weighted by molar-refractivity contribution is 5.73. The fourth-order valence-electron chi connectivity index (χ4n) is 3.78. The second-order valence-electron chi connectivity index (χ2n) is 6.61. The quantitative estimate of drug-likeness (QED) is 0.840. The molecule has 1 aromatic carbocycles.